The second kappa shape index (κ2) is 5.65. The van der Waals surface area contributed by atoms with E-state index < -0.39 is 0 Å². The second-order valence-corrected chi connectivity index (χ2v) is 5.23. The van der Waals surface area contributed by atoms with Gasteiger partial charge in [0, 0.05) is 38.1 Å². The van der Waals surface area contributed by atoms with Crippen LogP contribution in [0.4, 0.5) is 11.9 Å². The molecular formula is C13H20N8. The first-order chi connectivity index (χ1) is 10.2. The molecule has 2 aromatic heterocycles. The monoisotopic (exact) mass is 288 g/mol. The summed E-state index contributed by atoms with van der Waals surface area (Å²) in [7, 11) is 2.16. The van der Waals surface area contributed by atoms with E-state index in [0.29, 0.717) is 17.9 Å². The molecule has 3 heterocycles. The number of nitrogens with two attached hydrogens (primary N) is 1. The van der Waals surface area contributed by atoms with Gasteiger partial charge in [0.25, 0.3) is 5.95 Å². The number of nitrogen functional groups attached to an aromatic ring is 1. The number of nitrogens with zero attached hydrogens (tertiary/aromatic N) is 7. The Hall–Kier alpha value is -2.22. The van der Waals surface area contributed by atoms with Crippen molar-refractivity contribution in [3.63, 3.8) is 0 Å². The fraction of sp³-hybridized carbons (Fsp3) is 0.538. The quantitative estimate of drug-likeness (QED) is 0.861. The number of rotatable bonds is 3. The van der Waals surface area contributed by atoms with E-state index in [1.165, 1.54) is 0 Å². The lowest BCUT2D eigenvalue weighted by Crippen LogP contribution is -2.51. The van der Waals surface area contributed by atoms with Crippen LogP contribution in [0.15, 0.2) is 18.5 Å². The van der Waals surface area contributed by atoms with Crippen LogP contribution in [0, 0.1) is 0 Å². The van der Waals surface area contributed by atoms with Crippen molar-refractivity contribution in [2.24, 2.45) is 0 Å². The highest BCUT2D eigenvalue weighted by Gasteiger charge is 2.25. The molecule has 0 saturated carbocycles. The summed E-state index contributed by atoms with van der Waals surface area (Å²) in [5.74, 6) is 1.30. The van der Waals surface area contributed by atoms with E-state index in [0.717, 1.165) is 26.1 Å². The molecule has 1 aliphatic rings. The minimum absolute atomic E-state index is 0.220. The number of hydrogen-bond donors (Lipinski definition) is 1. The van der Waals surface area contributed by atoms with Crippen molar-refractivity contribution in [1.29, 1.82) is 0 Å². The number of hydrogen-bond acceptors (Lipinski definition) is 7. The van der Waals surface area contributed by atoms with Crippen LogP contribution in [0.1, 0.15) is 13.3 Å². The highest BCUT2D eigenvalue weighted by atomic mass is 15.4. The van der Waals surface area contributed by atoms with E-state index >= 15 is 0 Å². The molecule has 0 aliphatic carbocycles. The molecule has 8 heteroatoms. The molecule has 2 N–H and O–H groups in total. The first-order valence-electron chi connectivity index (χ1n) is 7.14. The molecule has 0 bridgehead atoms. The number of anilines is 2. The fourth-order valence-electron chi connectivity index (χ4n) is 2.57. The minimum Gasteiger partial charge on any atom is -0.368 e. The lowest BCUT2D eigenvalue weighted by molar-refractivity contribution is 0.212. The average Bonchev–Trinajstić information content (AvgIpc) is 3.01. The highest BCUT2D eigenvalue weighted by molar-refractivity contribution is 5.38. The predicted octanol–water partition coefficient (Wildman–Crippen LogP) is 0.170. The smallest absolute Gasteiger partial charge is 0.257 e. The molecule has 0 aromatic carbocycles. The largest absolute Gasteiger partial charge is 0.368 e. The Bertz CT molecular complexity index is 596. The summed E-state index contributed by atoms with van der Waals surface area (Å²) in [6.07, 6.45) is 4.57. The van der Waals surface area contributed by atoms with Crippen molar-refractivity contribution in [3.05, 3.63) is 18.5 Å². The summed E-state index contributed by atoms with van der Waals surface area (Å²) in [6.45, 7) is 4.97. The Balaban J connectivity index is 1.88. The Morgan fingerprint density at radius 2 is 2.05 bits per heavy atom. The summed E-state index contributed by atoms with van der Waals surface area (Å²) in [5.41, 5.74) is 5.83. The van der Waals surface area contributed by atoms with E-state index in [-0.39, 0.29) is 5.95 Å². The molecule has 21 heavy (non-hydrogen) atoms. The Labute approximate surface area is 123 Å². The molecule has 1 unspecified atom stereocenters. The molecule has 1 fully saturated rings. The molecule has 0 spiro atoms. The van der Waals surface area contributed by atoms with Crippen molar-refractivity contribution >= 4 is 11.9 Å². The van der Waals surface area contributed by atoms with Gasteiger partial charge in [-0.05, 0) is 19.5 Å². The molecular weight excluding hydrogens is 268 g/mol. The van der Waals surface area contributed by atoms with Gasteiger partial charge in [0.2, 0.25) is 11.9 Å². The van der Waals surface area contributed by atoms with Crippen LogP contribution in [-0.4, -0.2) is 62.4 Å². The Morgan fingerprint density at radius 3 is 2.76 bits per heavy atom. The standard InChI is InChI=1S/C13H20N8/c1-3-10-9-20(8-7-19(10)2)12-16-11(14)17-13(18-12)21-6-4-5-15-21/h4-6,10H,3,7-9H2,1-2H3,(H2,14,16,17,18). The zero-order valence-electron chi connectivity index (χ0n) is 12.3. The Kier molecular flexibility index (Phi) is 3.70. The molecule has 2 aromatic rings. The third-order valence-electron chi connectivity index (χ3n) is 3.87. The van der Waals surface area contributed by atoms with E-state index in [1.807, 2.05) is 6.07 Å². The molecule has 1 atom stereocenters. The van der Waals surface area contributed by atoms with Crippen molar-refractivity contribution < 1.29 is 0 Å². The molecule has 0 radical (unpaired) electrons. The van der Waals surface area contributed by atoms with Crippen LogP contribution < -0.4 is 10.6 Å². The van der Waals surface area contributed by atoms with Crippen molar-refractivity contribution in [1.82, 2.24) is 29.6 Å². The van der Waals surface area contributed by atoms with Crippen molar-refractivity contribution in [2.45, 2.75) is 19.4 Å². The van der Waals surface area contributed by atoms with E-state index in [9.17, 15) is 0 Å². The van der Waals surface area contributed by atoms with Gasteiger partial charge in [-0.15, -0.1) is 0 Å². The van der Waals surface area contributed by atoms with Gasteiger partial charge in [0.1, 0.15) is 0 Å². The van der Waals surface area contributed by atoms with Gasteiger partial charge in [0.15, 0.2) is 0 Å². The predicted molar refractivity (Wildman–Crippen MR) is 80.3 cm³/mol. The molecule has 0 amide bonds. The average molecular weight is 288 g/mol. The second-order valence-electron chi connectivity index (χ2n) is 5.23. The van der Waals surface area contributed by atoms with Gasteiger partial charge in [0.05, 0.1) is 0 Å². The first-order valence-corrected chi connectivity index (χ1v) is 7.14. The molecule has 112 valence electrons. The van der Waals surface area contributed by atoms with Crippen molar-refractivity contribution in [3.8, 4) is 5.95 Å². The zero-order valence-corrected chi connectivity index (χ0v) is 12.3. The molecule has 8 nitrogen and oxygen atoms in total. The van der Waals surface area contributed by atoms with E-state index in [4.69, 9.17) is 5.73 Å². The molecule has 1 saturated heterocycles. The Morgan fingerprint density at radius 1 is 1.24 bits per heavy atom. The summed E-state index contributed by atoms with van der Waals surface area (Å²) in [5, 5.41) is 4.14. The topological polar surface area (TPSA) is 89.0 Å². The minimum atomic E-state index is 0.220. The van der Waals surface area contributed by atoms with Gasteiger partial charge < -0.3 is 10.6 Å². The summed E-state index contributed by atoms with van der Waals surface area (Å²) in [6, 6.07) is 2.33. The van der Waals surface area contributed by atoms with Crippen LogP contribution in [0.25, 0.3) is 5.95 Å². The third-order valence-corrected chi connectivity index (χ3v) is 3.87. The van der Waals surface area contributed by atoms with Crippen LogP contribution in [-0.2, 0) is 0 Å². The maximum Gasteiger partial charge on any atom is 0.257 e. The van der Waals surface area contributed by atoms with Gasteiger partial charge in [-0.2, -0.15) is 20.1 Å². The van der Waals surface area contributed by atoms with Gasteiger partial charge in [-0.25, -0.2) is 4.68 Å². The maximum absolute atomic E-state index is 5.83. The van der Waals surface area contributed by atoms with Crippen molar-refractivity contribution in [2.75, 3.05) is 37.3 Å². The number of aromatic nitrogens is 5. The highest BCUT2D eigenvalue weighted by Crippen LogP contribution is 2.17. The first kappa shape index (κ1) is 13.7. The summed E-state index contributed by atoms with van der Waals surface area (Å²) < 4.78 is 1.59. The number of likely N-dealkylation sites (N-methyl/N-ethyl adjacent to an activating group) is 1. The lowest BCUT2D eigenvalue weighted by Gasteiger charge is -2.39. The fourth-order valence-corrected chi connectivity index (χ4v) is 2.57. The summed E-state index contributed by atoms with van der Waals surface area (Å²) in [4.78, 5) is 17.5. The zero-order chi connectivity index (χ0) is 14.8. The lowest BCUT2D eigenvalue weighted by atomic mass is 10.1. The third kappa shape index (κ3) is 2.80. The molecule has 1 aliphatic heterocycles. The van der Waals surface area contributed by atoms with Crippen LogP contribution in [0.5, 0.6) is 0 Å². The van der Waals surface area contributed by atoms with Gasteiger partial charge in [-0.1, -0.05) is 6.92 Å². The van der Waals surface area contributed by atoms with E-state index in [2.05, 4.69) is 43.8 Å². The van der Waals surface area contributed by atoms with Crippen LogP contribution >= 0.6 is 0 Å². The van der Waals surface area contributed by atoms with E-state index in [1.54, 1.807) is 17.1 Å². The molecule has 3 rings (SSSR count). The van der Waals surface area contributed by atoms with Gasteiger partial charge in [-0.3, -0.25) is 4.90 Å². The SMILES string of the molecule is CCC1CN(c2nc(N)nc(-n3cccn3)n2)CCN1C. The van der Waals surface area contributed by atoms with Crippen LogP contribution in [0.2, 0.25) is 0 Å². The summed E-state index contributed by atoms with van der Waals surface area (Å²) >= 11 is 0. The normalized spacial score (nSPS) is 19.9. The maximum atomic E-state index is 5.83. The van der Waals surface area contributed by atoms with Gasteiger partial charge >= 0.3 is 0 Å². The number of piperazine rings is 1. The van der Waals surface area contributed by atoms with Crippen LogP contribution in [0.3, 0.4) is 0 Å².